The normalized spacial score (nSPS) is 11.5. The maximum Gasteiger partial charge on any atom is 0.407 e. The first-order valence-corrected chi connectivity index (χ1v) is 10.7. The summed E-state index contributed by atoms with van der Waals surface area (Å²) >= 11 is 1.57. The van der Waals surface area contributed by atoms with E-state index in [2.05, 4.69) is 15.7 Å². The van der Waals surface area contributed by atoms with Gasteiger partial charge in [0.15, 0.2) is 5.65 Å². The van der Waals surface area contributed by atoms with Crippen molar-refractivity contribution < 1.29 is 14.3 Å². The lowest BCUT2D eigenvalue weighted by molar-refractivity contribution is 0.0527. The van der Waals surface area contributed by atoms with Crippen molar-refractivity contribution >= 4 is 34.4 Å². The van der Waals surface area contributed by atoms with Crippen molar-refractivity contribution in [2.75, 3.05) is 13.1 Å². The molecule has 0 saturated carbocycles. The van der Waals surface area contributed by atoms with Gasteiger partial charge in [0, 0.05) is 20.1 Å². The summed E-state index contributed by atoms with van der Waals surface area (Å²) < 4.78 is 6.89. The van der Waals surface area contributed by atoms with E-state index in [0.717, 1.165) is 21.7 Å². The number of pyridine rings is 1. The fraction of sp³-hybridized carbons (Fsp3) is 0.429. The first-order valence-electron chi connectivity index (χ1n) is 9.79. The number of amides is 2. The summed E-state index contributed by atoms with van der Waals surface area (Å²) in [7, 11) is 1.82. The van der Waals surface area contributed by atoms with Crippen LogP contribution in [-0.2, 0) is 11.8 Å². The fourth-order valence-electron chi connectivity index (χ4n) is 3.06. The first kappa shape index (κ1) is 21.8. The summed E-state index contributed by atoms with van der Waals surface area (Å²) in [5, 5.41) is 12.8. The van der Waals surface area contributed by atoms with Gasteiger partial charge in [0.25, 0.3) is 5.91 Å². The molecule has 0 bridgehead atoms. The lowest BCUT2D eigenvalue weighted by Crippen LogP contribution is -2.34. The molecule has 30 heavy (non-hydrogen) atoms. The van der Waals surface area contributed by atoms with Gasteiger partial charge in [-0.15, -0.1) is 11.3 Å². The number of aryl methyl sites for hydroxylation is 2. The van der Waals surface area contributed by atoms with Crippen LogP contribution >= 0.6 is 11.3 Å². The number of rotatable bonds is 6. The Morgan fingerprint density at radius 2 is 1.97 bits per heavy atom. The number of carbonyl (C=O) groups excluding carboxylic acids is 2. The van der Waals surface area contributed by atoms with Crippen LogP contribution in [-0.4, -0.2) is 45.5 Å². The molecule has 3 heterocycles. The zero-order valence-corrected chi connectivity index (χ0v) is 18.7. The van der Waals surface area contributed by atoms with Gasteiger partial charge in [0.1, 0.15) is 5.60 Å². The monoisotopic (exact) mass is 429 g/mol. The van der Waals surface area contributed by atoms with Gasteiger partial charge in [-0.25, -0.2) is 9.78 Å². The van der Waals surface area contributed by atoms with Gasteiger partial charge < -0.3 is 15.4 Å². The zero-order chi connectivity index (χ0) is 21.9. The maximum atomic E-state index is 12.9. The van der Waals surface area contributed by atoms with E-state index in [-0.39, 0.29) is 5.91 Å². The molecule has 2 N–H and O–H groups in total. The number of aromatic nitrogens is 3. The number of nitrogens with zero attached hydrogens (tertiary/aromatic N) is 3. The average Bonchev–Trinajstić information content (AvgIpc) is 3.28. The van der Waals surface area contributed by atoms with E-state index in [1.54, 1.807) is 16.0 Å². The highest BCUT2D eigenvalue weighted by molar-refractivity contribution is 7.13. The minimum absolute atomic E-state index is 0.187. The molecular weight excluding hydrogens is 402 g/mol. The number of thiophene rings is 1. The third-order valence-corrected chi connectivity index (χ3v) is 5.19. The van der Waals surface area contributed by atoms with Crippen molar-refractivity contribution in [2.45, 2.75) is 39.7 Å². The van der Waals surface area contributed by atoms with Gasteiger partial charge in [-0.3, -0.25) is 9.48 Å². The topological polar surface area (TPSA) is 98.1 Å². The molecule has 0 aliphatic carbocycles. The van der Waals surface area contributed by atoms with Crippen LogP contribution in [0.5, 0.6) is 0 Å². The van der Waals surface area contributed by atoms with Crippen LogP contribution < -0.4 is 10.6 Å². The smallest absolute Gasteiger partial charge is 0.407 e. The second kappa shape index (κ2) is 8.83. The Labute approximate surface area is 179 Å². The van der Waals surface area contributed by atoms with Crippen molar-refractivity contribution in [3.8, 4) is 10.6 Å². The van der Waals surface area contributed by atoms with E-state index in [9.17, 15) is 9.59 Å². The van der Waals surface area contributed by atoms with Gasteiger partial charge in [0.05, 0.1) is 27.2 Å². The highest BCUT2D eigenvalue weighted by Gasteiger charge is 2.19. The van der Waals surface area contributed by atoms with Crippen LogP contribution in [0.2, 0.25) is 0 Å². The molecule has 0 aromatic carbocycles. The van der Waals surface area contributed by atoms with E-state index in [0.29, 0.717) is 30.7 Å². The molecule has 0 radical (unpaired) electrons. The lowest BCUT2D eigenvalue weighted by atomic mass is 10.1. The quantitative estimate of drug-likeness (QED) is 0.583. The molecule has 160 valence electrons. The van der Waals surface area contributed by atoms with Crippen LogP contribution in [0.15, 0.2) is 23.6 Å². The average molecular weight is 430 g/mol. The number of nitrogens with one attached hydrogen (secondary N) is 2. The second-order valence-corrected chi connectivity index (χ2v) is 8.93. The molecule has 2 amide bonds. The molecule has 3 aromatic heterocycles. The standard InChI is InChI=1S/C21H27N5O3S/c1-13-17-14(19(27)22-9-7-10-23-20(28)29-21(2,3)4)12-15(16-8-6-11-30-16)24-18(17)26(5)25-13/h6,8,11-12H,7,9-10H2,1-5H3,(H,22,27)(H,23,28). The minimum atomic E-state index is -0.535. The van der Waals surface area contributed by atoms with Gasteiger partial charge in [-0.2, -0.15) is 5.10 Å². The maximum absolute atomic E-state index is 12.9. The summed E-state index contributed by atoms with van der Waals surface area (Å²) in [6.07, 6.45) is 0.125. The van der Waals surface area contributed by atoms with Crippen molar-refractivity contribution in [1.82, 2.24) is 25.4 Å². The Hall–Kier alpha value is -2.94. The summed E-state index contributed by atoms with van der Waals surface area (Å²) in [5.74, 6) is -0.187. The largest absolute Gasteiger partial charge is 0.444 e. The highest BCUT2D eigenvalue weighted by Crippen LogP contribution is 2.29. The van der Waals surface area contributed by atoms with E-state index in [1.165, 1.54) is 0 Å². The summed E-state index contributed by atoms with van der Waals surface area (Å²) in [6, 6.07) is 5.75. The Balaban J connectivity index is 1.68. The molecule has 3 aromatic rings. The number of fused-ring (bicyclic) bond motifs is 1. The Morgan fingerprint density at radius 1 is 1.23 bits per heavy atom. The molecule has 8 nitrogen and oxygen atoms in total. The summed E-state index contributed by atoms with van der Waals surface area (Å²) in [6.45, 7) is 8.14. The third kappa shape index (κ3) is 5.15. The van der Waals surface area contributed by atoms with Crippen LogP contribution in [0, 0.1) is 6.92 Å². The number of hydrogen-bond donors (Lipinski definition) is 2. The van der Waals surface area contributed by atoms with E-state index < -0.39 is 11.7 Å². The Morgan fingerprint density at radius 3 is 2.63 bits per heavy atom. The molecule has 3 rings (SSSR count). The molecule has 0 aliphatic heterocycles. The molecule has 0 unspecified atom stereocenters. The highest BCUT2D eigenvalue weighted by atomic mass is 32.1. The van der Waals surface area contributed by atoms with Crippen molar-refractivity contribution in [1.29, 1.82) is 0 Å². The summed E-state index contributed by atoms with van der Waals surface area (Å²) in [4.78, 5) is 30.3. The van der Waals surface area contributed by atoms with Gasteiger partial charge >= 0.3 is 6.09 Å². The third-order valence-electron chi connectivity index (χ3n) is 4.29. The fourth-order valence-corrected chi connectivity index (χ4v) is 3.75. The Kier molecular flexibility index (Phi) is 6.40. The number of ether oxygens (including phenoxy) is 1. The van der Waals surface area contributed by atoms with Crippen molar-refractivity contribution in [3.05, 3.63) is 34.8 Å². The van der Waals surface area contributed by atoms with Crippen LogP contribution in [0.3, 0.4) is 0 Å². The molecular formula is C21H27N5O3S. The molecule has 9 heteroatoms. The van der Waals surface area contributed by atoms with E-state index >= 15 is 0 Å². The van der Waals surface area contributed by atoms with Crippen molar-refractivity contribution in [2.24, 2.45) is 7.05 Å². The number of alkyl carbamates (subject to hydrolysis) is 1. The molecule has 0 saturated heterocycles. The molecule has 0 aliphatic rings. The minimum Gasteiger partial charge on any atom is -0.444 e. The number of hydrogen-bond acceptors (Lipinski definition) is 6. The van der Waals surface area contributed by atoms with Gasteiger partial charge in [0.2, 0.25) is 0 Å². The predicted molar refractivity (Wildman–Crippen MR) is 118 cm³/mol. The lowest BCUT2D eigenvalue weighted by Gasteiger charge is -2.19. The van der Waals surface area contributed by atoms with Crippen LogP contribution in [0.4, 0.5) is 4.79 Å². The van der Waals surface area contributed by atoms with Gasteiger partial charge in [-0.1, -0.05) is 6.07 Å². The first-order chi connectivity index (χ1) is 14.2. The Bertz CT molecular complexity index is 1050. The molecule has 0 spiro atoms. The van der Waals surface area contributed by atoms with Crippen LogP contribution in [0.1, 0.15) is 43.2 Å². The van der Waals surface area contributed by atoms with E-state index in [4.69, 9.17) is 9.72 Å². The zero-order valence-electron chi connectivity index (χ0n) is 17.9. The predicted octanol–water partition coefficient (Wildman–Crippen LogP) is 3.65. The van der Waals surface area contributed by atoms with Crippen LogP contribution in [0.25, 0.3) is 21.6 Å². The van der Waals surface area contributed by atoms with Crippen molar-refractivity contribution in [3.63, 3.8) is 0 Å². The molecule has 0 fully saturated rings. The SMILES string of the molecule is Cc1nn(C)c2nc(-c3cccs3)cc(C(=O)NCCCNC(=O)OC(C)(C)C)c12. The number of carbonyl (C=O) groups is 2. The summed E-state index contributed by atoms with van der Waals surface area (Å²) in [5.41, 5.74) is 2.20. The van der Waals surface area contributed by atoms with Gasteiger partial charge in [-0.05, 0) is 51.6 Å². The molecule has 0 atom stereocenters. The second-order valence-electron chi connectivity index (χ2n) is 7.98. The van der Waals surface area contributed by atoms with E-state index in [1.807, 2.05) is 58.3 Å².